The van der Waals surface area contributed by atoms with Crippen LogP contribution in [0.4, 0.5) is 4.79 Å². The highest BCUT2D eigenvalue weighted by Gasteiger charge is 2.33. The molecule has 1 aromatic rings. The molecule has 0 spiro atoms. The van der Waals surface area contributed by atoms with E-state index in [1.165, 1.54) is 0 Å². The Hall–Kier alpha value is -1.84. The van der Waals surface area contributed by atoms with Crippen molar-refractivity contribution in [2.75, 3.05) is 6.54 Å². The lowest BCUT2D eigenvalue weighted by Crippen LogP contribution is -2.49. The average molecular weight is 249 g/mol. The highest BCUT2D eigenvalue weighted by Crippen LogP contribution is 2.15. The molecule has 2 rings (SSSR count). The van der Waals surface area contributed by atoms with E-state index in [0.717, 1.165) is 4.90 Å². The van der Waals surface area contributed by atoms with Gasteiger partial charge in [-0.25, -0.2) is 9.69 Å². The van der Waals surface area contributed by atoms with Gasteiger partial charge in [0.05, 0.1) is 0 Å². The molecule has 0 aromatic heterocycles. The summed E-state index contributed by atoms with van der Waals surface area (Å²) in [6.07, 6.45) is -0.0714. The summed E-state index contributed by atoms with van der Waals surface area (Å²) in [6.45, 7) is 5.81. The number of nitrogens with zero attached hydrogens (tertiary/aromatic N) is 1. The molecule has 4 nitrogen and oxygen atoms in total. The maximum Gasteiger partial charge on any atom is 0.417 e. The van der Waals surface area contributed by atoms with Crippen LogP contribution in [0.2, 0.25) is 0 Å². The third-order valence-corrected chi connectivity index (χ3v) is 2.13. The quantitative estimate of drug-likeness (QED) is 0.664. The molecular formula is C14H19NO3. The van der Waals surface area contributed by atoms with Gasteiger partial charge in [-0.15, -0.1) is 0 Å². The van der Waals surface area contributed by atoms with E-state index in [4.69, 9.17) is 4.74 Å². The zero-order chi connectivity index (χ0) is 13.6. The molecule has 0 unspecified atom stereocenters. The molecular weight excluding hydrogens is 230 g/mol. The van der Waals surface area contributed by atoms with Gasteiger partial charge in [-0.2, -0.15) is 0 Å². The normalized spacial score (nSPS) is 14.2. The van der Waals surface area contributed by atoms with Crippen molar-refractivity contribution in [1.29, 1.82) is 0 Å². The first kappa shape index (κ1) is 14.2. The van der Waals surface area contributed by atoms with Gasteiger partial charge in [0.25, 0.3) is 0 Å². The van der Waals surface area contributed by atoms with Crippen molar-refractivity contribution in [2.45, 2.75) is 32.8 Å². The van der Waals surface area contributed by atoms with Gasteiger partial charge in [0, 0.05) is 13.0 Å². The SMILES string of the molecule is CC(C)(C)OC(=O)N1CCC1=O.c1ccccc1. The number of benzene rings is 1. The monoisotopic (exact) mass is 249 g/mol. The molecule has 1 aliphatic heterocycles. The van der Waals surface area contributed by atoms with Gasteiger partial charge in [-0.3, -0.25) is 4.79 Å². The lowest BCUT2D eigenvalue weighted by Gasteiger charge is -2.30. The van der Waals surface area contributed by atoms with Gasteiger partial charge >= 0.3 is 6.09 Å². The smallest absolute Gasteiger partial charge is 0.417 e. The van der Waals surface area contributed by atoms with Gasteiger partial charge in [-0.1, -0.05) is 36.4 Å². The Balaban J connectivity index is 0.000000225. The summed E-state index contributed by atoms with van der Waals surface area (Å²) in [5.41, 5.74) is -0.521. The van der Waals surface area contributed by atoms with E-state index >= 15 is 0 Å². The molecule has 1 heterocycles. The zero-order valence-electron chi connectivity index (χ0n) is 11.1. The van der Waals surface area contributed by atoms with E-state index < -0.39 is 11.7 Å². The average Bonchev–Trinajstić information content (AvgIpc) is 2.27. The first-order chi connectivity index (χ1) is 8.40. The van der Waals surface area contributed by atoms with Crippen LogP contribution in [0.15, 0.2) is 36.4 Å². The predicted molar refractivity (Wildman–Crippen MR) is 69.0 cm³/mol. The van der Waals surface area contributed by atoms with Gasteiger partial charge in [0.15, 0.2) is 0 Å². The Labute approximate surface area is 108 Å². The molecule has 2 amide bonds. The van der Waals surface area contributed by atoms with Crippen LogP contribution in [0.25, 0.3) is 0 Å². The fraction of sp³-hybridized carbons (Fsp3) is 0.429. The van der Waals surface area contributed by atoms with E-state index in [9.17, 15) is 9.59 Å². The summed E-state index contributed by atoms with van der Waals surface area (Å²) >= 11 is 0. The second kappa shape index (κ2) is 6.19. The molecule has 98 valence electrons. The van der Waals surface area contributed by atoms with Crippen LogP contribution in [0.1, 0.15) is 27.2 Å². The third-order valence-electron chi connectivity index (χ3n) is 2.13. The van der Waals surface area contributed by atoms with Crippen LogP contribution >= 0.6 is 0 Å². The summed E-state index contributed by atoms with van der Waals surface area (Å²) in [4.78, 5) is 23.0. The number of β-lactam (4-membered cyclic amide) rings is 1. The van der Waals surface area contributed by atoms with Crippen LogP contribution < -0.4 is 0 Å². The van der Waals surface area contributed by atoms with Crippen molar-refractivity contribution in [3.63, 3.8) is 0 Å². The number of rotatable bonds is 0. The Morgan fingerprint density at radius 3 is 1.78 bits per heavy atom. The standard InChI is InChI=1S/C8H13NO3.C6H6/c1-8(2,3)12-7(11)9-5-4-6(9)10;1-2-4-6-5-3-1/h4-5H2,1-3H3;1-6H. The van der Waals surface area contributed by atoms with E-state index in [1.807, 2.05) is 36.4 Å². The molecule has 1 aliphatic rings. The summed E-state index contributed by atoms with van der Waals surface area (Å²) < 4.78 is 4.98. The molecule has 0 bridgehead atoms. The summed E-state index contributed by atoms with van der Waals surface area (Å²) in [7, 11) is 0. The Bertz CT molecular complexity index is 369. The molecule has 18 heavy (non-hydrogen) atoms. The molecule has 0 radical (unpaired) electrons. The molecule has 0 atom stereocenters. The minimum Gasteiger partial charge on any atom is -0.443 e. The number of carbonyl (C=O) groups excluding carboxylic acids is 2. The van der Waals surface area contributed by atoms with Gasteiger partial charge in [-0.05, 0) is 20.8 Å². The first-order valence-electron chi connectivity index (χ1n) is 5.93. The fourth-order valence-electron chi connectivity index (χ4n) is 1.21. The van der Waals surface area contributed by atoms with Crippen molar-refractivity contribution in [3.05, 3.63) is 36.4 Å². The van der Waals surface area contributed by atoms with Gasteiger partial charge < -0.3 is 4.74 Å². The highest BCUT2D eigenvalue weighted by molar-refractivity contribution is 5.96. The Morgan fingerprint density at radius 2 is 1.56 bits per heavy atom. The molecule has 0 N–H and O–H groups in total. The maximum absolute atomic E-state index is 11.1. The molecule has 0 saturated carbocycles. The van der Waals surface area contributed by atoms with Crippen LogP contribution in [0.3, 0.4) is 0 Å². The number of carbonyl (C=O) groups is 2. The van der Waals surface area contributed by atoms with Crippen molar-refractivity contribution in [3.8, 4) is 0 Å². The molecule has 1 fully saturated rings. The highest BCUT2D eigenvalue weighted by atomic mass is 16.6. The molecule has 0 aliphatic carbocycles. The van der Waals surface area contributed by atoms with Crippen LogP contribution in [-0.4, -0.2) is 29.0 Å². The van der Waals surface area contributed by atoms with Crippen LogP contribution in [0.5, 0.6) is 0 Å². The predicted octanol–water partition coefficient (Wildman–Crippen LogP) is 2.84. The van der Waals surface area contributed by atoms with Gasteiger partial charge in [0.2, 0.25) is 5.91 Å². The number of hydrogen-bond acceptors (Lipinski definition) is 3. The Kier molecular flexibility index (Phi) is 4.89. The van der Waals surface area contributed by atoms with Crippen LogP contribution in [-0.2, 0) is 9.53 Å². The second-order valence-electron chi connectivity index (χ2n) is 4.93. The summed E-state index contributed by atoms with van der Waals surface area (Å²) in [6, 6.07) is 12.0. The summed E-state index contributed by atoms with van der Waals surface area (Å²) in [5, 5.41) is 0. The van der Waals surface area contributed by atoms with Crippen molar-refractivity contribution in [2.24, 2.45) is 0 Å². The van der Waals surface area contributed by atoms with E-state index in [-0.39, 0.29) is 5.91 Å². The van der Waals surface area contributed by atoms with E-state index in [1.54, 1.807) is 20.8 Å². The van der Waals surface area contributed by atoms with Crippen molar-refractivity contribution in [1.82, 2.24) is 4.90 Å². The van der Waals surface area contributed by atoms with Crippen molar-refractivity contribution >= 4 is 12.0 Å². The molecule has 1 aromatic carbocycles. The zero-order valence-corrected chi connectivity index (χ0v) is 11.1. The lowest BCUT2D eigenvalue weighted by atomic mass is 10.2. The van der Waals surface area contributed by atoms with Crippen molar-refractivity contribution < 1.29 is 14.3 Å². The minimum atomic E-state index is -0.529. The topological polar surface area (TPSA) is 46.6 Å². The number of likely N-dealkylation sites (tertiary alicyclic amines) is 1. The second-order valence-corrected chi connectivity index (χ2v) is 4.93. The lowest BCUT2D eigenvalue weighted by molar-refractivity contribution is -0.138. The third kappa shape index (κ3) is 4.99. The Morgan fingerprint density at radius 1 is 1.11 bits per heavy atom. The molecule has 1 saturated heterocycles. The number of ether oxygens (including phenoxy) is 1. The summed E-state index contributed by atoms with van der Waals surface area (Å²) in [5.74, 6) is -0.149. The number of amides is 2. The minimum absolute atomic E-state index is 0.149. The van der Waals surface area contributed by atoms with E-state index in [0.29, 0.717) is 13.0 Å². The van der Waals surface area contributed by atoms with Gasteiger partial charge in [0.1, 0.15) is 5.60 Å². The fourth-order valence-corrected chi connectivity index (χ4v) is 1.21. The first-order valence-corrected chi connectivity index (χ1v) is 5.93. The largest absolute Gasteiger partial charge is 0.443 e. The number of imide groups is 1. The van der Waals surface area contributed by atoms with Crippen LogP contribution in [0, 0.1) is 0 Å². The van der Waals surface area contributed by atoms with E-state index in [2.05, 4.69) is 0 Å². The molecule has 4 heteroatoms. The maximum atomic E-state index is 11.1. The number of hydrogen-bond donors (Lipinski definition) is 0.